The van der Waals surface area contributed by atoms with Crippen LogP contribution in [-0.2, 0) is 13.0 Å². The molecule has 1 spiro atoms. The smallest absolute Gasteiger partial charge is 0.253 e. The van der Waals surface area contributed by atoms with E-state index >= 15 is 0 Å². The van der Waals surface area contributed by atoms with E-state index in [0.29, 0.717) is 16.5 Å². The van der Waals surface area contributed by atoms with Gasteiger partial charge in [-0.3, -0.25) is 14.5 Å². The van der Waals surface area contributed by atoms with Gasteiger partial charge in [-0.05, 0) is 93.9 Å². The third-order valence-electron chi connectivity index (χ3n) is 8.06. The van der Waals surface area contributed by atoms with Crippen molar-refractivity contribution in [3.63, 3.8) is 0 Å². The molecule has 0 aromatic heterocycles. The van der Waals surface area contributed by atoms with E-state index in [1.165, 1.54) is 24.0 Å². The fourth-order valence-corrected chi connectivity index (χ4v) is 5.89. The van der Waals surface area contributed by atoms with E-state index in [-0.39, 0.29) is 11.5 Å². The van der Waals surface area contributed by atoms with Crippen LogP contribution in [0.2, 0.25) is 0 Å². The number of nitrogens with two attached hydrogens (primary N) is 1. The summed E-state index contributed by atoms with van der Waals surface area (Å²) in [5.74, 6) is 0.628. The first-order valence-corrected chi connectivity index (χ1v) is 12.5. The summed E-state index contributed by atoms with van der Waals surface area (Å²) in [6, 6.07) is 13.1. The van der Waals surface area contributed by atoms with Gasteiger partial charge in [0, 0.05) is 42.7 Å². The van der Waals surface area contributed by atoms with E-state index in [1.54, 1.807) is 24.3 Å². The number of likely N-dealkylation sites (tertiary alicyclic amines) is 2. The molecule has 0 aliphatic carbocycles. The highest BCUT2D eigenvalue weighted by Crippen LogP contribution is 2.42. The van der Waals surface area contributed by atoms with E-state index in [2.05, 4.69) is 36.9 Å². The molecular weight excluding hydrogens is 426 g/mol. The van der Waals surface area contributed by atoms with Gasteiger partial charge in [0.2, 0.25) is 5.91 Å². The molecule has 3 aliphatic heterocycles. The number of rotatable bonds is 4. The Hall–Kier alpha value is -2.86. The summed E-state index contributed by atoms with van der Waals surface area (Å²) in [5.41, 5.74) is 9.38. The molecule has 3 heterocycles. The Kier molecular flexibility index (Phi) is 5.88. The molecule has 6 heteroatoms. The van der Waals surface area contributed by atoms with E-state index in [9.17, 15) is 9.59 Å². The molecule has 6 nitrogen and oxygen atoms in total. The van der Waals surface area contributed by atoms with Gasteiger partial charge in [-0.2, -0.15) is 0 Å². The summed E-state index contributed by atoms with van der Waals surface area (Å²) in [6.45, 7) is 9.13. The van der Waals surface area contributed by atoms with Crippen molar-refractivity contribution in [3.8, 4) is 5.75 Å². The highest BCUT2D eigenvalue weighted by molar-refractivity contribution is 5.97. The predicted molar refractivity (Wildman–Crippen MR) is 132 cm³/mol. The minimum absolute atomic E-state index is 0.0476. The summed E-state index contributed by atoms with van der Waals surface area (Å²) in [6.07, 6.45) is 5.49. The number of piperidine rings is 2. The van der Waals surface area contributed by atoms with Crippen LogP contribution < -0.4 is 10.5 Å². The molecule has 3 aliphatic rings. The molecule has 0 radical (unpaired) electrons. The van der Waals surface area contributed by atoms with Crippen LogP contribution in [0.5, 0.6) is 5.75 Å². The van der Waals surface area contributed by atoms with Crippen LogP contribution in [0.3, 0.4) is 0 Å². The molecule has 2 aromatic carbocycles. The lowest BCUT2D eigenvalue weighted by Gasteiger charge is -2.47. The SMILES string of the molecule is CC1(C)Cc2c(CN3CCC4(CC3)CCN(C(=O)c3ccc(C(N)=O)cc3)CC4)cccc2O1. The van der Waals surface area contributed by atoms with Gasteiger partial charge in [0.05, 0.1) is 0 Å². The van der Waals surface area contributed by atoms with Crippen molar-refractivity contribution in [2.45, 2.75) is 58.1 Å². The van der Waals surface area contributed by atoms with Gasteiger partial charge in [0.25, 0.3) is 5.91 Å². The third-order valence-corrected chi connectivity index (χ3v) is 8.06. The predicted octanol–water partition coefficient (Wildman–Crippen LogP) is 4.02. The molecule has 5 rings (SSSR count). The third kappa shape index (κ3) is 4.56. The van der Waals surface area contributed by atoms with Gasteiger partial charge in [-0.15, -0.1) is 0 Å². The number of primary amides is 1. The van der Waals surface area contributed by atoms with Crippen molar-refractivity contribution in [1.29, 1.82) is 0 Å². The number of carbonyl (C=O) groups is 2. The lowest BCUT2D eigenvalue weighted by Crippen LogP contribution is -2.48. The van der Waals surface area contributed by atoms with E-state index in [0.717, 1.165) is 57.7 Å². The molecule has 2 amide bonds. The minimum Gasteiger partial charge on any atom is -0.487 e. The molecule has 180 valence electrons. The molecule has 2 N–H and O–H groups in total. The van der Waals surface area contributed by atoms with E-state index in [4.69, 9.17) is 10.5 Å². The minimum atomic E-state index is -0.473. The van der Waals surface area contributed by atoms with Crippen molar-refractivity contribution >= 4 is 11.8 Å². The Morgan fingerprint density at radius 1 is 0.912 bits per heavy atom. The molecule has 0 saturated carbocycles. The van der Waals surface area contributed by atoms with Crippen molar-refractivity contribution < 1.29 is 14.3 Å². The Bertz CT molecular complexity index is 1070. The van der Waals surface area contributed by atoms with Crippen LogP contribution in [0.25, 0.3) is 0 Å². The molecule has 2 fully saturated rings. The zero-order chi connectivity index (χ0) is 23.9. The second-order valence-corrected chi connectivity index (χ2v) is 10.9. The molecule has 2 saturated heterocycles. The summed E-state index contributed by atoms with van der Waals surface area (Å²) < 4.78 is 6.12. The van der Waals surface area contributed by atoms with Gasteiger partial charge in [-0.25, -0.2) is 0 Å². The van der Waals surface area contributed by atoms with Crippen molar-refractivity contribution in [3.05, 3.63) is 64.7 Å². The number of hydrogen-bond donors (Lipinski definition) is 1. The molecular formula is C28H35N3O3. The summed E-state index contributed by atoms with van der Waals surface area (Å²) in [5, 5.41) is 0. The Labute approximate surface area is 202 Å². The second-order valence-electron chi connectivity index (χ2n) is 10.9. The number of benzene rings is 2. The topological polar surface area (TPSA) is 75.9 Å². The van der Waals surface area contributed by atoms with Gasteiger partial charge >= 0.3 is 0 Å². The van der Waals surface area contributed by atoms with Crippen molar-refractivity contribution in [1.82, 2.24) is 9.80 Å². The number of ether oxygens (including phenoxy) is 1. The van der Waals surface area contributed by atoms with Crippen molar-refractivity contribution in [2.24, 2.45) is 11.1 Å². The van der Waals surface area contributed by atoms with Crippen LogP contribution in [0, 0.1) is 5.41 Å². The van der Waals surface area contributed by atoms with Gasteiger partial charge < -0.3 is 15.4 Å². The zero-order valence-corrected chi connectivity index (χ0v) is 20.3. The van der Waals surface area contributed by atoms with E-state index in [1.807, 2.05) is 4.90 Å². The van der Waals surface area contributed by atoms with Crippen LogP contribution >= 0.6 is 0 Å². The number of fused-ring (bicyclic) bond motifs is 1. The normalized spacial score (nSPS) is 21.2. The number of amides is 2. The lowest BCUT2D eigenvalue weighted by atomic mass is 9.71. The standard InChI is InChI=1S/C28H35N3O3/c1-27(2)18-23-22(4-3-5-24(23)34-27)19-30-14-10-28(11-15-30)12-16-31(17-13-28)26(33)21-8-6-20(7-9-21)25(29)32/h3-9H,10-19H2,1-2H3,(H2,29,32). The molecule has 0 atom stereocenters. The first-order valence-electron chi connectivity index (χ1n) is 12.5. The average Bonchev–Trinajstić information content (AvgIpc) is 3.16. The molecule has 0 bridgehead atoms. The fraction of sp³-hybridized carbons (Fsp3) is 0.500. The van der Waals surface area contributed by atoms with Gasteiger partial charge in [0.15, 0.2) is 0 Å². The largest absolute Gasteiger partial charge is 0.487 e. The second kappa shape index (κ2) is 8.73. The Balaban J connectivity index is 1.15. The average molecular weight is 462 g/mol. The Morgan fingerprint density at radius 2 is 1.53 bits per heavy atom. The number of nitrogens with zero attached hydrogens (tertiary/aromatic N) is 2. The molecule has 34 heavy (non-hydrogen) atoms. The maximum atomic E-state index is 12.9. The maximum Gasteiger partial charge on any atom is 0.253 e. The number of carbonyl (C=O) groups excluding carboxylic acids is 2. The summed E-state index contributed by atoms with van der Waals surface area (Å²) >= 11 is 0. The Morgan fingerprint density at radius 3 is 2.18 bits per heavy atom. The van der Waals surface area contributed by atoms with Crippen molar-refractivity contribution in [2.75, 3.05) is 26.2 Å². The van der Waals surface area contributed by atoms with Crippen LogP contribution in [-0.4, -0.2) is 53.4 Å². The molecule has 2 aromatic rings. The fourth-order valence-electron chi connectivity index (χ4n) is 5.89. The first kappa shape index (κ1) is 22.9. The highest BCUT2D eigenvalue weighted by atomic mass is 16.5. The number of hydrogen-bond acceptors (Lipinski definition) is 4. The monoisotopic (exact) mass is 461 g/mol. The highest BCUT2D eigenvalue weighted by Gasteiger charge is 2.39. The van der Waals surface area contributed by atoms with Crippen LogP contribution in [0.1, 0.15) is 71.4 Å². The van der Waals surface area contributed by atoms with Gasteiger partial charge in [0.1, 0.15) is 11.4 Å². The zero-order valence-electron chi connectivity index (χ0n) is 20.3. The summed E-state index contributed by atoms with van der Waals surface area (Å²) in [7, 11) is 0. The van der Waals surface area contributed by atoms with Crippen LogP contribution in [0.15, 0.2) is 42.5 Å². The van der Waals surface area contributed by atoms with Crippen LogP contribution in [0.4, 0.5) is 0 Å². The molecule has 0 unspecified atom stereocenters. The quantitative estimate of drug-likeness (QED) is 0.746. The summed E-state index contributed by atoms with van der Waals surface area (Å²) in [4.78, 5) is 28.8. The van der Waals surface area contributed by atoms with Gasteiger partial charge in [-0.1, -0.05) is 12.1 Å². The lowest BCUT2D eigenvalue weighted by molar-refractivity contribution is 0.0284. The van der Waals surface area contributed by atoms with E-state index < -0.39 is 5.91 Å². The maximum absolute atomic E-state index is 12.9. The first-order chi connectivity index (χ1) is 16.2.